The Hall–Kier alpha value is -2.94. The first-order valence-electron chi connectivity index (χ1n) is 11.4. The molecule has 1 aliphatic carbocycles. The number of hydrogen-bond acceptors (Lipinski definition) is 4. The molecule has 0 saturated heterocycles. The van der Waals surface area contributed by atoms with Crippen LogP contribution in [0, 0.1) is 12.7 Å². The van der Waals surface area contributed by atoms with Gasteiger partial charge in [-0.2, -0.15) is 0 Å². The van der Waals surface area contributed by atoms with Gasteiger partial charge in [-0.3, -0.25) is 13.9 Å². The molecule has 34 heavy (non-hydrogen) atoms. The fourth-order valence-corrected chi connectivity index (χ4v) is 5.13. The lowest BCUT2D eigenvalue weighted by Crippen LogP contribution is -2.52. The Morgan fingerprint density at radius 3 is 2.32 bits per heavy atom. The number of carbonyl (C=O) groups is 2. The summed E-state index contributed by atoms with van der Waals surface area (Å²) >= 11 is 0. The molecule has 7 nitrogen and oxygen atoms in total. The Bertz CT molecular complexity index is 1130. The van der Waals surface area contributed by atoms with Gasteiger partial charge in [0.2, 0.25) is 21.8 Å². The van der Waals surface area contributed by atoms with E-state index in [1.807, 2.05) is 0 Å². The van der Waals surface area contributed by atoms with Gasteiger partial charge in [-0.25, -0.2) is 12.8 Å². The average molecular weight is 490 g/mol. The Morgan fingerprint density at radius 1 is 1.09 bits per heavy atom. The fourth-order valence-electron chi connectivity index (χ4n) is 4.22. The van der Waals surface area contributed by atoms with E-state index in [-0.39, 0.29) is 24.1 Å². The third-order valence-corrected chi connectivity index (χ3v) is 7.36. The van der Waals surface area contributed by atoms with Crippen molar-refractivity contribution in [1.29, 1.82) is 0 Å². The number of amides is 2. The predicted molar refractivity (Wildman–Crippen MR) is 130 cm³/mol. The number of rotatable bonds is 9. The first-order chi connectivity index (χ1) is 16.1. The molecule has 9 heteroatoms. The Morgan fingerprint density at radius 2 is 1.71 bits per heavy atom. The van der Waals surface area contributed by atoms with E-state index in [0.717, 1.165) is 36.2 Å². The minimum Gasteiger partial charge on any atom is -0.352 e. The molecule has 2 aromatic rings. The lowest BCUT2D eigenvalue weighted by molar-refractivity contribution is -0.139. The van der Waals surface area contributed by atoms with Crippen LogP contribution >= 0.6 is 0 Å². The second-order valence-corrected chi connectivity index (χ2v) is 10.7. The van der Waals surface area contributed by atoms with Gasteiger partial charge in [0.1, 0.15) is 18.4 Å². The number of nitrogens with one attached hydrogen (secondary N) is 1. The summed E-state index contributed by atoms with van der Waals surface area (Å²) in [6.45, 7) is 2.68. The van der Waals surface area contributed by atoms with E-state index in [1.54, 1.807) is 56.3 Å². The van der Waals surface area contributed by atoms with Crippen molar-refractivity contribution in [2.75, 3.05) is 17.1 Å². The van der Waals surface area contributed by atoms with Crippen LogP contribution < -0.4 is 9.62 Å². The largest absolute Gasteiger partial charge is 0.352 e. The van der Waals surface area contributed by atoms with Crippen LogP contribution in [0.1, 0.15) is 43.7 Å². The van der Waals surface area contributed by atoms with Crippen LogP contribution in [0.25, 0.3) is 0 Å². The number of para-hydroxylation sites is 1. The molecule has 3 rings (SSSR count). The number of benzene rings is 2. The number of carbonyl (C=O) groups excluding carboxylic acids is 2. The highest BCUT2D eigenvalue weighted by Gasteiger charge is 2.32. The predicted octanol–water partition coefficient (Wildman–Crippen LogP) is 3.38. The van der Waals surface area contributed by atoms with Crippen molar-refractivity contribution in [3.63, 3.8) is 0 Å². The molecular formula is C25H32FN3O4S. The van der Waals surface area contributed by atoms with E-state index in [9.17, 15) is 22.4 Å². The van der Waals surface area contributed by atoms with Gasteiger partial charge in [-0.05, 0) is 44.4 Å². The van der Waals surface area contributed by atoms with E-state index in [1.165, 1.54) is 11.0 Å². The summed E-state index contributed by atoms with van der Waals surface area (Å²) in [5, 5.41) is 2.98. The van der Waals surface area contributed by atoms with Crippen LogP contribution in [-0.4, -0.2) is 50.0 Å². The minimum atomic E-state index is -3.80. The maximum absolute atomic E-state index is 14.4. The van der Waals surface area contributed by atoms with Crippen molar-refractivity contribution in [3.8, 4) is 0 Å². The Balaban J connectivity index is 1.90. The highest BCUT2D eigenvalue weighted by molar-refractivity contribution is 7.92. The molecule has 0 spiro atoms. The quantitative estimate of drug-likeness (QED) is 0.585. The topological polar surface area (TPSA) is 86.8 Å². The molecule has 1 saturated carbocycles. The van der Waals surface area contributed by atoms with Crippen molar-refractivity contribution >= 4 is 27.5 Å². The highest BCUT2D eigenvalue weighted by atomic mass is 32.2. The number of nitrogens with zero attached hydrogens (tertiary/aromatic N) is 2. The summed E-state index contributed by atoms with van der Waals surface area (Å²) in [5.41, 5.74) is 1.32. The average Bonchev–Trinajstić information content (AvgIpc) is 3.29. The SMILES string of the molecule is Cc1ccccc1N(CC(=O)N(Cc1ccccc1F)C(C)C(=O)NC1CCCC1)S(C)(=O)=O. The molecular weight excluding hydrogens is 457 g/mol. The van der Waals surface area contributed by atoms with Crippen molar-refractivity contribution < 1.29 is 22.4 Å². The molecule has 1 N–H and O–H groups in total. The summed E-state index contributed by atoms with van der Waals surface area (Å²) in [7, 11) is -3.80. The maximum Gasteiger partial charge on any atom is 0.244 e. The zero-order valence-electron chi connectivity index (χ0n) is 19.8. The molecule has 1 unspecified atom stereocenters. The lowest BCUT2D eigenvalue weighted by atomic mass is 10.1. The molecule has 1 atom stereocenters. The van der Waals surface area contributed by atoms with Crippen molar-refractivity contribution in [2.45, 2.75) is 58.2 Å². The molecule has 184 valence electrons. The lowest BCUT2D eigenvalue weighted by Gasteiger charge is -2.32. The van der Waals surface area contributed by atoms with Gasteiger partial charge >= 0.3 is 0 Å². The second kappa shape index (κ2) is 11.0. The normalized spacial score (nSPS) is 15.1. The van der Waals surface area contributed by atoms with E-state index in [2.05, 4.69) is 5.32 Å². The van der Waals surface area contributed by atoms with E-state index in [4.69, 9.17) is 0 Å². The van der Waals surface area contributed by atoms with E-state index >= 15 is 0 Å². The van der Waals surface area contributed by atoms with Gasteiger partial charge in [-0.1, -0.05) is 49.2 Å². The fraction of sp³-hybridized carbons (Fsp3) is 0.440. The second-order valence-electron chi connectivity index (χ2n) is 8.84. The number of anilines is 1. The van der Waals surface area contributed by atoms with Crippen LogP contribution in [0.15, 0.2) is 48.5 Å². The zero-order valence-corrected chi connectivity index (χ0v) is 20.6. The van der Waals surface area contributed by atoms with Crippen molar-refractivity contribution in [2.24, 2.45) is 0 Å². The number of hydrogen-bond donors (Lipinski definition) is 1. The van der Waals surface area contributed by atoms with Crippen molar-refractivity contribution in [3.05, 3.63) is 65.5 Å². The summed E-state index contributed by atoms with van der Waals surface area (Å²) in [5.74, 6) is -1.42. The minimum absolute atomic E-state index is 0.0554. The van der Waals surface area contributed by atoms with Gasteiger partial charge in [0.05, 0.1) is 11.9 Å². The third kappa shape index (κ3) is 6.34. The number of halogens is 1. The molecule has 2 aromatic carbocycles. The first-order valence-corrected chi connectivity index (χ1v) is 13.3. The van der Waals surface area contributed by atoms with E-state index in [0.29, 0.717) is 11.3 Å². The standard InChI is InChI=1S/C25H32FN3O4S/c1-18-10-4-9-15-23(18)29(34(3,32)33)17-24(30)28(16-20-11-5-8-14-22(20)26)19(2)25(31)27-21-12-6-7-13-21/h4-5,8-11,14-15,19,21H,6-7,12-13,16-17H2,1-3H3,(H,27,31). The number of sulfonamides is 1. The van der Waals surface area contributed by atoms with Crippen LogP contribution in [0.4, 0.5) is 10.1 Å². The van der Waals surface area contributed by atoms with Gasteiger partial charge in [0.25, 0.3) is 0 Å². The van der Waals surface area contributed by atoms with Crippen LogP contribution in [0.5, 0.6) is 0 Å². The number of aryl methyl sites for hydroxylation is 1. The molecule has 0 bridgehead atoms. The smallest absolute Gasteiger partial charge is 0.244 e. The van der Waals surface area contributed by atoms with E-state index < -0.39 is 34.3 Å². The van der Waals surface area contributed by atoms with Gasteiger partial charge in [0, 0.05) is 18.2 Å². The summed E-state index contributed by atoms with van der Waals surface area (Å²) in [6, 6.07) is 12.0. The zero-order chi connectivity index (χ0) is 24.9. The maximum atomic E-state index is 14.4. The molecule has 1 aliphatic rings. The molecule has 0 heterocycles. The molecule has 0 aromatic heterocycles. The molecule has 1 fully saturated rings. The highest BCUT2D eigenvalue weighted by Crippen LogP contribution is 2.23. The molecule has 2 amide bonds. The summed E-state index contributed by atoms with van der Waals surface area (Å²) < 4.78 is 40.7. The van der Waals surface area contributed by atoms with Gasteiger partial charge in [0.15, 0.2) is 0 Å². The summed E-state index contributed by atoms with van der Waals surface area (Å²) in [6.07, 6.45) is 4.88. The van der Waals surface area contributed by atoms with Crippen molar-refractivity contribution in [1.82, 2.24) is 10.2 Å². The monoisotopic (exact) mass is 489 g/mol. The third-order valence-electron chi connectivity index (χ3n) is 6.23. The van der Waals surface area contributed by atoms with Crippen LogP contribution in [0.3, 0.4) is 0 Å². The Kier molecular flexibility index (Phi) is 8.30. The summed E-state index contributed by atoms with van der Waals surface area (Å²) in [4.78, 5) is 27.7. The first kappa shape index (κ1) is 25.7. The van der Waals surface area contributed by atoms with Crippen LogP contribution in [0.2, 0.25) is 0 Å². The van der Waals surface area contributed by atoms with Gasteiger partial charge < -0.3 is 10.2 Å². The van der Waals surface area contributed by atoms with Gasteiger partial charge in [-0.15, -0.1) is 0 Å². The van der Waals surface area contributed by atoms with Crippen LogP contribution in [-0.2, 0) is 26.2 Å². The molecule has 0 radical (unpaired) electrons. The molecule has 0 aliphatic heterocycles. The Labute approximate surface area is 201 Å².